The summed E-state index contributed by atoms with van der Waals surface area (Å²) in [6.07, 6.45) is 5.34. The van der Waals surface area contributed by atoms with Crippen LogP contribution in [-0.4, -0.2) is 12.6 Å². The number of hydrogen-bond donors (Lipinski definition) is 0. The Kier molecular flexibility index (Phi) is 2.55. The van der Waals surface area contributed by atoms with Crippen molar-refractivity contribution in [2.75, 3.05) is 11.4 Å². The first kappa shape index (κ1) is 10.7. The highest BCUT2D eigenvalue weighted by Crippen LogP contribution is 2.39. The zero-order valence-corrected chi connectivity index (χ0v) is 10.3. The first-order valence-electron chi connectivity index (χ1n) is 6.56. The lowest BCUT2D eigenvalue weighted by Crippen LogP contribution is -2.29. The molecule has 0 spiro atoms. The van der Waals surface area contributed by atoms with Crippen LogP contribution in [0, 0.1) is 24.2 Å². The standard InChI is InChI=1S/C15H18N2/c1-11-3-2-4-13(9-16)15(11)17(14-7-8-14)10-12-5-6-12/h2-4,12,14H,5-8,10H2,1H3. The highest BCUT2D eigenvalue weighted by molar-refractivity contribution is 5.65. The fourth-order valence-electron chi connectivity index (χ4n) is 2.52. The largest absolute Gasteiger partial charge is 0.367 e. The Bertz CT molecular complexity index is 464. The summed E-state index contributed by atoms with van der Waals surface area (Å²) in [7, 11) is 0. The first-order valence-corrected chi connectivity index (χ1v) is 6.56. The monoisotopic (exact) mass is 226 g/mol. The van der Waals surface area contributed by atoms with Gasteiger partial charge in [0, 0.05) is 12.6 Å². The average molecular weight is 226 g/mol. The van der Waals surface area contributed by atoms with Crippen molar-refractivity contribution in [1.29, 1.82) is 5.26 Å². The zero-order valence-electron chi connectivity index (χ0n) is 10.3. The lowest BCUT2D eigenvalue weighted by molar-refractivity contribution is 0.716. The molecule has 2 fully saturated rings. The smallest absolute Gasteiger partial charge is 0.101 e. The third-order valence-corrected chi connectivity index (χ3v) is 3.78. The molecular weight excluding hydrogens is 208 g/mol. The Morgan fingerprint density at radius 1 is 1.29 bits per heavy atom. The minimum Gasteiger partial charge on any atom is -0.367 e. The molecule has 1 aromatic carbocycles. The van der Waals surface area contributed by atoms with Crippen LogP contribution in [-0.2, 0) is 0 Å². The molecule has 0 bridgehead atoms. The van der Waals surface area contributed by atoms with E-state index in [-0.39, 0.29) is 0 Å². The Balaban J connectivity index is 1.96. The third-order valence-electron chi connectivity index (χ3n) is 3.78. The number of benzene rings is 1. The van der Waals surface area contributed by atoms with Gasteiger partial charge in [-0.05, 0) is 50.2 Å². The van der Waals surface area contributed by atoms with Gasteiger partial charge in [-0.2, -0.15) is 5.26 Å². The molecule has 2 aliphatic rings. The number of hydrogen-bond acceptors (Lipinski definition) is 2. The van der Waals surface area contributed by atoms with Crippen molar-refractivity contribution in [2.24, 2.45) is 5.92 Å². The molecule has 0 aliphatic heterocycles. The van der Waals surface area contributed by atoms with Gasteiger partial charge in [-0.1, -0.05) is 12.1 Å². The minimum atomic E-state index is 0.698. The SMILES string of the molecule is Cc1cccc(C#N)c1N(CC1CC1)C1CC1. The molecule has 2 heteroatoms. The van der Waals surface area contributed by atoms with E-state index in [2.05, 4.69) is 24.0 Å². The topological polar surface area (TPSA) is 27.0 Å². The van der Waals surface area contributed by atoms with Crippen molar-refractivity contribution < 1.29 is 0 Å². The molecule has 0 aromatic heterocycles. The van der Waals surface area contributed by atoms with Gasteiger partial charge in [0.05, 0.1) is 11.3 Å². The second-order valence-electron chi connectivity index (χ2n) is 5.41. The van der Waals surface area contributed by atoms with E-state index < -0.39 is 0 Å². The number of nitriles is 1. The predicted octanol–water partition coefficient (Wildman–Crippen LogP) is 3.25. The summed E-state index contributed by atoms with van der Waals surface area (Å²) in [6, 6.07) is 9.11. The molecule has 88 valence electrons. The van der Waals surface area contributed by atoms with E-state index in [4.69, 9.17) is 0 Å². The maximum Gasteiger partial charge on any atom is 0.101 e. The van der Waals surface area contributed by atoms with E-state index in [1.807, 2.05) is 12.1 Å². The van der Waals surface area contributed by atoms with Gasteiger partial charge in [0.1, 0.15) is 6.07 Å². The molecule has 0 N–H and O–H groups in total. The molecule has 1 aromatic rings. The number of anilines is 1. The fourth-order valence-corrected chi connectivity index (χ4v) is 2.52. The molecule has 17 heavy (non-hydrogen) atoms. The van der Waals surface area contributed by atoms with Crippen molar-refractivity contribution in [3.8, 4) is 6.07 Å². The van der Waals surface area contributed by atoms with E-state index in [1.54, 1.807) is 0 Å². The molecule has 0 heterocycles. The Labute approximate surface area is 103 Å². The van der Waals surface area contributed by atoms with E-state index >= 15 is 0 Å². The Morgan fingerprint density at radius 3 is 2.65 bits per heavy atom. The van der Waals surface area contributed by atoms with Crippen LogP contribution in [0.4, 0.5) is 5.69 Å². The van der Waals surface area contributed by atoms with Crippen molar-refractivity contribution >= 4 is 5.69 Å². The second-order valence-corrected chi connectivity index (χ2v) is 5.41. The van der Waals surface area contributed by atoms with Crippen LogP contribution in [0.5, 0.6) is 0 Å². The van der Waals surface area contributed by atoms with Gasteiger partial charge in [0.15, 0.2) is 0 Å². The van der Waals surface area contributed by atoms with Gasteiger partial charge < -0.3 is 4.90 Å². The van der Waals surface area contributed by atoms with Gasteiger partial charge in [0.25, 0.3) is 0 Å². The second kappa shape index (κ2) is 4.07. The summed E-state index contributed by atoms with van der Waals surface area (Å²) in [5.41, 5.74) is 3.29. The van der Waals surface area contributed by atoms with Gasteiger partial charge >= 0.3 is 0 Å². The summed E-state index contributed by atoms with van der Waals surface area (Å²) in [5.74, 6) is 0.877. The molecule has 2 aliphatic carbocycles. The van der Waals surface area contributed by atoms with Crippen molar-refractivity contribution in [3.05, 3.63) is 29.3 Å². The van der Waals surface area contributed by atoms with Crippen LogP contribution in [0.15, 0.2) is 18.2 Å². The van der Waals surface area contributed by atoms with Crippen LogP contribution in [0.3, 0.4) is 0 Å². The van der Waals surface area contributed by atoms with Crippen LogP contribution in [0.1, 0.15) is 36.8 Å². The average Bonchev–Trinajstić information content (AvgIpc) is 3.17. The summed E-state index contributed by atoms with van der Waals surface area (Å²) in [5, 5.41) is 9.27. The molecule has 0 saturated heterocycles. The number of para-hydroxylation sites is 1. The molecule has 0 amide bonds. The number of nitrogens with zero attached hydrogens (tertiary/aromatic N) is 2. The van der Waals surface area contributed by atoms with Gasteiger partial charge in [-0.15, -0.1) is 0 Å². The van der Waals surface area contributed by atoms with Crippen LogP contribution < -0.4 is 4.90 Å². The van der Waals surface area contributed by atoms with E-state index in [0.29, 0.717) is 6.04 Å². The number of rotatable bonds is 4. The van der Waals surface area contributed by atoms with Crippen molar-refractivity contribution in [3.63, 3.8) is 0 Å². The van der Waals surface area contributed by atoms with E-state index in [9.17, 15) is 5.26 Å². The van der Waals surface area contributed by atoms with Crippen LogP contribution in [0.2, 0.25) is 0 Å². The van der Waals surface area contributed by atoms with Gasteiger partial charge in [0.2, 0.25) is 0 Å². The maximum atomic E-state index is 9.27. The van der Waals surface area contributed by atoms with Crippen molar-refractivity contribution in [1.82, 2.24) is 0 Å². The Morgan fingerprint density at radius 2 is 2.06 bits per heavy atom. The maximum absolute atomic E-state index is 9.27. The normalized spacial score (nSPS) is 18.8. The molecule has 0 atom stereocenters. The Hall–Kier alpha value is -1.49. The molecule has 0 radical (unpaired) electrons. The van der Waals surface area contributed by atoms with E-state index in [0.717, 1.165) is 18.0 Å². The van der Waals surface area contributed by atoms with Gasteiger partial charge in [-0.3, -0.25) is 0 Å². The fraction of sp³-hybridized carbons (Fsp3) is 0.533. The molecular formula is C15H18N2. The van der Waals surface area contributed by atoms with Crippen molar-refractivity contribution in [2.45, 2.75) is 38.6 Å². The highest BCUT2D eigenvalue weighted by atomic mass is 15.2. The lowest BCUT2D eigenvalue weighted by Gasteiger charge is -2.27. The van der Waals surface area contributed by atoms with Gasteiger partial charge in [-0.25, -0.2) is 0 Å². The highest BCUT2D eigenvalue weighted by Gasteiger charge is 2.35. The quantitative estimate of drug-likeness (QED) is 0.788. The van der Waals surface area contributed by atoms with Crippen LogP contribution in [0.25, 0.3) is 0 Å². The minimum absolute atomic E-state index is 0.698. The zero-order chi connectivity index (χ0) is 11.8. The molecule has 3 rings (SSSR count). The molecule has 2 nitrogen and oxygen atoms in total. The summed E-state index contributed by atoms with van der Waals surface area (Å²) >= 11 is 0. The summed E-state index contributed by atoms with van der Waals surface area (Å²) in [6.45, 7) is 3.28. The predicted molar refractivity (Wildman–Crippen MR) is 69.0 cm³/mol. The summed E-state index contributed by atoms with van der Waals surface area (Å²) < 4.78 is 0. The third kappa shape index (κ3) is 2.15. The molecule has 0 unspecified atom stereocenters. The lowest BCUT2D eigenvalue weighted by atomic mass is 10.1. The van der Waals surface area contributed by atoms with E-state index in [1.165, 1.54) is 36.9 Å². The molecule has 2 saturated carbocycles. The summed E-state index contributed by atoms with van der Waals surface area (Å²) in [4.78, 5) is 2.51. The first-order chi connectivity index (χ1) is 8.29. The number of aryl methyl sites for hydroxylation is 1. The van der Waals surface area contributed by atoms with Crippen LogP contribution >= 0.6 is 0 Å².